The minimum Gasteiger partial charge on any atom is -0.480 e. The lowest BCUT2D eigenvalue weighted by Crippen LogP contribution is -2.53. The number of carbonyl (C=O) groups is 1. The molecule has 1 atom stereocenters. The van der Waals surface area contributed by atoms with Crippen molar-refractivity contribution in [2.24, 2.45) is 5.11 Å². The molecule has 78 valence electrons. The third-order valence-corrected chi connectivity index (χ3v) is 2.17. The first-order valence-electron chi connectivity index (χ1n) is 4.28. The van der Waals surface area contributed by atoms with Crippen LogP contribution in [-0.4, -0.2) is 42.9 Å². The lowest BCUT2D eigenvalue weighted by molar-refractivity contribution is -0.144. The Labute approximate surface area is 80.7 Å². The van der Waals surface area contributed by atoms with Gasteiger partial charge in [0.1, 0.15) is 5.54 Å². The Balaban J connectivity index is 2.44. The van der Waals surface area contributed by atoms with E-state index in [0.29, 0.717) is 19.6 Å². The lowest BCUT2D eigenvalue weighted by atomic mass is 9.99. The molecule has 0 spiro atoms. The zero-order chi connectivity index (χ0) is 10.4. The first-order valence-corrected chi connectivity index (χ1v) is 4.28. The van der Waals surface area contributed by atoms with Crippen molar-refractivity contribution < 1.29 is 14.6 Å². The standard InChI is InChI=1S/C7H12N4O3/c8-11-10-3-2-9-7(6(12)13)1-4-14-5-7/h9H,1-5H2,(H,12,13). The maximum atomic E-state index is 10.9. The van der Waals surface area contributed by atoms with E-state index in [1.54, 1.807) is 0 Å². The van der Waals surface area contributed by atoms with Gasteiger partial charge in [0.25, 0.3) is 0 Å². The van der Waals surface area contributed by atoms with Gasteiger partial charge in [-0.2, -0.15) is 0 Å². The predicted octanol–water partition coefficient (Wildman–Crippen LogP) is 0.130. The Kier molecular flexibility index (Phi) is 3.70. The molecular weight excluding hydrogens is 188 g/mol. The van der Waals surface area contributed by atoms with Gasteiger partial charge in [0, 0.05) is 31.0 Å². The summed E-state index contributed by atoms with van der Waals surface area (Å²) >= 11 is 0. The van der Waals surface area contributed by atoms with Gasteiger partial charge >= 0.3 is 5.97 Å². The maximum absolute atomic E-state index is 10.9. The smallest absolute Gasteiger partial charge is 0.326 e. The lowest BCUT2D eigenvalue weighted by Gasteiger charge is -2.23. The van der Waals surface area contributed by atoms with Crippen molar-refractivity contribution in [3.05, 3.63) is 10.4 Å². The van der Waals surface area contributed by atoms with E-state index in [1.807, 2.05) is 0 Å². The van der Waals surface area contributed by atoms with Crippen molar-refractivity contribution in [3.63, 3.8) is 0 Å². The molecule has 0 saturated carbocycles. The molecule has 0 aromatic rings. The number of hydrogen-bond donors (Lipinski definition) is 2. The first-order chi connectivity index (χ1) is 6.71. The molecule has 1 rings (SSSR count). The van der Waals surface area contributed by atoms with E-state index < -0.39 is 11.5 Å². The van der Waals surface area contributed by atoms with Gasteiger partial charge < -0.3 is 9.84 Å². The summed E-state index contributed by atoms with van der Waals surface area (Å²) in [5.74, 6) is -0.920. The number of rotatable bonds is 5. The van der Waals surface area contributed by atoms with Crippen molar-refractivity contribution in [2.45, 2.75) is 12.0 Å². The number of nitrogens with zero attached hydrogens (tertiary/aromatic N) is 3. The zero-order valence-electron chi connectivity index (χ0n) is 7.64. The molecule has 0 aromatic heterocycles. The van der Waals surface area contributed by atoms with Crippen molar-refractivity contribution in [3.8, 4) is 0 Å². The molecule has 7 nitrogen and oxygen atoms in total. The van der Waals surface area contributed by atoms with Gasteiger partial charge in [0.2, 0.25) is 0 Å². The van der Waals surface area contributed by atoms with Gasteiger partial charge in [0.05, 0.1) is 6.61 Å². The second-order valence-electron chi connectivity index (χ2n) is 3.07. The average Bonchev–Trinajstić information content (AvgIpc) is 2.62. The summed E-state index contributed by atoms with van der Waals surface area (Å²) < 4.78 is 5.03. The highest BCUT2D eigenvalue weighted by molar-refractivity contribution is 5.79. The van der Waals surface area contributed by atoms with Crippen LogP contribution < -0.4 is 5.32 Å². The summed E-state index contributed by atoms with van der Waals surface area (Å²) in [7, 11) is 0. The average molecular weight is 200 g/mol. The van der Waals surface area contributed by atoms with Crippen molar-refractivity contribution in [2.75, 3.05) is 26.3 Å². The summed E-state index contributed by atoms with van der Waals surface area (Å²) in [4.78, 5) is 13.5. The van der Waals surface area contributed by atoms with Crippen LogP contribution >= 0.6 is 0 Å². The van der Waals surface area contributed by atoms with Crippen LogP contribution in [-0.2, 0) is 9.53 Å². The molecule has 7 heteroatoms. The number of hydrogen-bond acceptors (Lipinski definition) is 4. The molecular formula is C7H12N4O3. The fourth-order valence-electron chi connectivity index (χ4n) is 1.34. The largest absolute Gasteiger partial charge is 0.480 e. The molecule has 0 radical (unpaired) electrons. The molecule has 1 heterocycles. The van der Waals surface area contributed by atoms with Gasteiger partial charge in [-0.3, -0.25) is 10.1 Å². The highest BCUT2D eigenvalue weighted by Gasteiger charge is 2.41. The molecule has 1 unspecified atom stereocenters. The SMILES string of the molecule is [N-]=[N+]=NCCNC1(C(=O)O)CCOC1. The molecule has 1 fully saturated rings. The molecule has 0 aliphatic carbocycles. The molecule has 0 bridgehead atoms. The fraction of sp³-hybridized carbons (Fsp3) is 0.857. The second-order valence-corrected chi connectivity index (χ2v) is 3.07. The topological polar surface area (TPSA) is 107 Å². The Bertz CT molecular complexity index is 256. The maximum Gasteiger partial charge on any atom is 0.326 e. The number of carboxylic acids is 1. The van der Waals surface area contributed by atoms with Crippen LogP contribution in [0.25, 0.3) is 10.4 Å². The van der Waals surface area contributed by atoms with E-state index in [4.69, 9.17) is 15.4 Å². The number of carboxylic acid groups (broad SMARTS) is 1. The van der Waals surface area contributed by atoms with Crippen LogP contribution in [0, 0.1) is 0 Å². The Morgan fingerprint density at radius 2 is 2.57 bits per heavy atom. The van der Waals surface area contributed by atoms with Crippen LogP contribution in [0.4, 0.5) is 0 Å². The van der Waals surface area contributed by atoms with E-state index in [2.05, 4.69) is 15.3 Å². The van der Waals surface area contributed by atoms with Crippen LogP contribution in [0.3, 0.4) is 0 Å². The quantitative estimate of drug-likeness (QED) is 0.284. The van der Waals surface area contributed by atoms with E-state index in [-0.39, 0.29) is 13.2 Å². The molecule has 0 amide bonds. The van der Waals surface area contributed by atoms with Crippen molar-refractivity contribution in [1.29, 1.82) is 0 Å². The number of aliphatic carboxylic acids is 1. The highest BCUT2D eigenvalue weighted by atomic mass is 16.5. The summed E-state index contributed by atoms with van der Waals surface area (Å²) in [5.41, 5.74) is 7.03. The summed E-state index contributed by atoms with van der Waals surface area (Å²) in [6.45, 7) is 1.20. The highest BCUT2D eigenvalue weighted by Crippen LogP contribution is 2.18. The summed E-state index contributed by atoms with van der Waals surface area (Å²) in [5, 5.41) is 15.1. The van der Waals surface area contributed by atoms with Gasteiger partial charge in [0.15, 0.2) is 0 Å². The molecule has 1 saturated heterocycles. The first kappa shape index (κ1) is 10.8. The predicted molar refractivity (Wildman–Crippen MR) is 47.8 cm³/mol. The van der Waals surface area contributed by atoms with E-state index in [1.165, 1.54) is 0 Å². The molecule has 14 heavy (non-hydrogen) atoms. The Morgan fingerprint density at radius 3 is 3.07 bits per heavy atom. The van der Waals surface area contributed by atoms with Gasteiger partial charge in [-0.1, -0.05) is 5.11 Å². The Morgan fingerprint density at radius 1 is 1.79 bits per heavy atom. The summed E-state index contributed by atoms with van der Waals surface area (Å²) in [6, 6.07) is 0. The third kappa shape index (κ3) is 2.35. The minimum atomic E-state index is -0.995. The third-order valence-electron chi connectivity index (χ3n) is 2.17. The number of ether oxygens (including phenoxy) is 1. The van der Waals surface area contributed by atoms with Crippen LogP contribution in [0.15, 0.2) is 5.11 Å². The monoisotopic (exact) mass is 200 g/mol. The second kappa shape index (κ2) is 4.80. The number of nitrogens with one attached hydrogen (secondary N) is 1. The van der Waals surface area contributed by atoms with Crippen LogP contribution in [0.2, 0.25) is 0 Å². The molecule has 1 aliphatic heterocycles. The van der Waals surface area contributed by atoms with E-state index >= 15 is 0 Å². The van der Waals surface area contributed by atoms with E-state index in [9.17, 15) is 4.79 Å². The molecule has 2 N–H and O–H groups in total. The van der Waals surface area contributed by atoms with Gasteiger partial charge in [-0.15, -0.1) is 0 Å². The zero-order valence-corrected chi connectivity index (χ0v) is 7.64. The van der Waals surface area contributed by atoms with Gasteiger partial charge in [-0.25, -0.2) is 0 Å². The molecule has 1 aliphatic rings. The normalized spacial score (nSPS) is 25.7. The summed E-state index contributed by atoms with van der Waals surface area (Å²) in [6.07, 6.45) is 0.443. The minimum absolute atomic E-state index is 0.165. The van der Waals surface area contributed by atoms with Crippen molar-refractivity contribution >= 4 is 5.97 Å². The molecule has 0 aromatic carbocycles. The van der Waals surface area contributed by atoms with Crippen molar-refractivity contribution in [1.82, 2.24) is 5.32 Å². The van der Waals surface area contributed by atoms with E-state index in [0.717, 1.165) is 0 Å². The number of azide groups is 1. The fourth-order valence-corrected chi connectivity index (χ4v) is 1.34. The van der Waals surface area contributed by atoms with Gasteiger partial charge in [-0.05, 0) is 5.53 Å². The van der Waals surface area contributed by atoms with Crippen LogP contribution in [0.5, 0.6) is 0 Å². The Hall–Kier alpha value is -1.30. The van der Waals surface area contributed by atoms with Crippen LogP contribution in [0.1, 0.15) is 6.42 Å².